The van der Waals surface area contributed by atoms with Crippen LogP contribution in [0.4, 0.5) is 0 Å². The fraction of sp³-hybridized carbons (Fsp3) is 0.889. The molecule has 0 aromatic heterocycles. The summed E-state index contributed by atoms with van der Waals surface area (Å²) in [5.41, 5.74) is 5.70. The van der Waals surface area contributed by atoms with Crippen molar-refractivity contribution in [1.82, 2.24) is 4.90 Å². The fourth-order valence-corrected chi connectivity index (χ4v) is 1.98. The first-order chi connectivity index (χ1) is 6.27. The molecule has 0 spiro atoms. The highest BCUT2D eigenvalue weighted by Crippen LogP contribution is 2.14. The van der Waals surface area contributed by atoms with Crippen LogP contribution in [0, 0.1) is 0 Å². The van der Waals surface area contributed by atoms with Crippen molar-refractivity contribution in [3.63, 3.8) is 0 Å². The summed E-state index contributed by atoms with van der Waals surface area (Å²) in [6.45, 7) is 3.29. The van der Waals surface area contributed by atoms with Crippen molar-refractivity contribution in [1.29, 1.82) is 0 Å². The van der Waals surface area contributed by atoms with Gasteiger partial charge in [-0.05, 0) is 25.9 Å². The molecule has 0 aromatic rings. The van der Waals surface area contributed by atoms with Crippen LogP contribution in [0.15, 0.2) is 0 Å². The van der Waals surface area contributed by atoms with E-state index in [2.05, 4.69) is 4.90 Å². The quantitative estimate of drug-likeness (QED) is 0.621. The maximum atomic E-state index is 11.1. The molecule has 2 fully saturated rings. The predicted octanol–water partition coefficient (Wildman–Crippen LogP) is -0.623. The Morgan fingerprint density at radius 1 is 1.46 bits per heavy atom. The van der Waals surface area contributed by atoms with Crippen molar-refractivity contribution in [2.24, 2.45) is 5.73 Å². The molecule has 74 valence electrons. The summed E-state index contributed by atoms with van der Waals surface area (Å²) in [4.78, 5) is 13.4. The number of hydrogen-bond acceptors (Lipinski definition) is 4. The molecule has 0 aliphatic carbocycles. The zero-order valence-electron chi connectivity index (χ0n) is 7.74. The monoisotopic (exact) mass is 184 g/mol. The molecule has 4 nitrogen and oxygen atoms in total. The van der Waals surface area contributed by atoms with E-state index in [-0.39, 0.29) is 24.5 Å². The topological polar surface area (TPSA) is 55.6 Å². The number of carbonyl (C=O) groups excluding carboxylic acids is 1. The number of hydrogen-bond donors (Lipinski definition) is 1. The molecule has 2 unspecified atom stereocenters. The van der Waals surface area contributed by atoms with Gasteiger partial charge in [0, 0.05) is 6.54 Å². The van der Waals surface area contributed by atoms with E-state index < -0.39 is 0 Å². The number of nitrogens with zero attached hydrogens (tertiary/aromatic N) is 1. The van der Waals surface area contributed by atoms with Crippen LogP contribution in [0.1, 0.15) is 12.8 Å². The second-order valence-corrected chi connectivity index (χ2v) is 3.85. The van der Waals surface area contributed by atoms with Crippen LogP contribution in [0.25, 0.3) is 0 Å². The van der Waals surface area contributed by atoms with Crippen molar-refractivity contribution >= 4 is 5.78 Å². The maximum Gasteiger partial charge on any atom is 0.177 e. The summed E-state index contributed by atoms with van der Waals surface area (Å²) in [5, 5.41) is 0. The standard InChI is InChI=1S/C9H16N2O2/c10-9-7(12)6-13-8(9)5-11-3-1-2-4-11/h8-9H,1-6,10H2. The van der Waals surface area contributed by atoms with Gasteiger partial charge in [-0.1, -0.05) is 0 Å². The maximum absolute atomic E-state index is 11.1. The van der Waals surface area contributed by atoms with Crippen LogP contribution in [0.5, 0.6) is 0 Å². The molecule has 0 radical (unpaired) electrons. The van der Waals surface area contributed by atoms with Crippen LogP contribution >= 0.6 is 0 Å². The predicted molar refractivity (Wildman–Crippen MR) is 48.4 cm³/mol. The number of carbonyl (C=O) groups is 1. The van der Waals surface area contributed by atoms with E-state index in [1.165, 1.54) is 12.8 Å². The second kappa shape index (κ2) is 3.74. The number of Topliss-reactive ketones (excluding diaryl/α,β-unsaturated/α-hetero) is 1. The van der Waals surface area contributed by atoms with E-state index in [0.717, 1.165) is 19.6 Å². The molecule has 2 heterocycles. The molecule has 2 atom stereocenters. The highest BCUT2D eigenvalue weighted by molar-refractivity contribution is 5.87. The van der Waals surface area contributed by atoms with Crippen LogP contribution in [-0.2, 0) is 9.53 Å². The summed E-state index contributed by atoms with van der Waals surface area (Å²) >= 11 is 0. The first-order valence-corrected chi connectivity index (χ1v) is 4.89. The fourth-order valence-electron chi connectivity index (χ4n) is 1.98. The minimum absolute atomic E-state index is 0.0456. The zero-order valence-corrected chi connectivity index (χ0v) is 7.74. The largest absolute Gasteiger partial charge is 0.367 e. The third-order valence-electron chi connectivity index (χ3n) is 2.85. The highest BCUT2D eigenvalue weighted by Gasteiger charge is 2.34. The van der Waals surface area contributed by atoms with Crippen LogP contribution < -0.4 is 5.73 Å². The van der Waals surface area contributed by atoms with Crippen molar-refractivity contribution in [3.05, 3.63) is 0 Å². The van der Waals surface area contributed by atoms with Gasteiger partial charge < -0.3 is 15.4 Å². The van der Waals surface area contributed by atoms with Crippen molar-refractivity contribution in [3.8, 4) is 0 Å². The highest BCUT2D eigenvalue weighted by atomic mass is 16.5. The summed E-state index contributed by atoms with van der Waals surface area (Å²) in [5.74, 6) is 0.0456. The Bertz CT molecular complexity index is 202. The van der Waals surface area contributed by atoms with E-state index in [4.69, 9.17) is 10.5 Å². The van der Waals surface area contributed by atoms with Crippen LogP contribution in [0.3, 0.4) is 0 Å². The smallest absolute Gasteiger partial charge is 0.177 e. The van der Waals surface area contributed by atoms with E-state index in [0.29, 0.717) is 0 Å². The molecule has 0 amide bonds. The number of likely N-dealkylation sites (tertiary alicyclic amines) is 1. The zero-order chi connectivity index (χ0) is 9.26. The van der Waals surface area contributed by atoms with Crippen molar-refractivity contribution in [2.45, 2.75) is 25.0 Å². The van der Waals surface area contributed by atoms with Gasteiger partial charge in [0.15, 0.2) is 5.78 Å². The molecule has 0 aromatic carbocycles. The van der Waals surface area contributed by atoms with E-state index in [1.54, 1.807) is 0 Å². The Morgan fingerprint density at radius 3 is 2.69 bits per heavy atom. The average Bonchev–Trinajstić information content (AvgIpc) is 2.71. The van der Waals surface area contributed by atoms with Gasteiger partial charge in [-0.2, -0.15) is 0 Å². The Hall–Kier alpha value is -0.450. The summed E-state index contributed by atoms with van der Waals surface area (Å²) in [6, 6.07) is -0.388. The van der Waals surface area contributed by atoms with Crippen LogP contribution in [0.2, 0.25) is 0 Å². The minimum Gasteiger partial charge on any atom is -0.367 e. The van der Waals surface area contributed by atoms with Gasteiger partial charge in [0.1, 0.15) is 6.61 Å². The summed E-state index contributed by atoms with van der Waals surface area (Å²) < 4.78 is 5.32. The third-order valence-corrected chi connectivity index (χ3v) is 2.85. The molecule has 2 rings (SSSR count). The molecular formula is C9H16N2O2. The van der Waals surface area contributed by atoms with Gasteiger partial charge in [0.05, 0.1) is 12.1 Å². The Labute approximate surface area is 78.0 Å². The van der Waals surface area contributed by atoms with Gasteiger partial charge >= 0.3 is 0 Å². The second-order valence-electron chi connectivity index (χ2n) is 3.85. The van der Waals surface area contributed by atoms with E-state index in [9.17, 15) is 4.79 Å². The normalized spacial score (nSPS) is 35.9. The molecule has 13 heavy (non-hydrogen) atoms. The first-order valence-electron chi connectivity index (χ1n) is 4.89. The van der Waals surface area contributed by atoms with E-state index >= 15 is 0 Å². The lowest BCUT2D eigenvalue weighted by Gasteiger charge is -2.20. The summed E-state index contributed by atoms with van der Waals surface area (Å²) in [7, 11) is 0. The Morgan fingerprint density at radius 2 is 2.15 bits per heavy atom. The molecule has 2 aliphatic rings. The molecule has 2 N–H and O–H groups in total. The molecule has 2 aliphatic heterocycles. The summed E-state index contributed by atoms with van der Waals surface area (Å²) in [6.07, 6.45) is 2.46. The van der Waals surface area contributed by atoms with Gasteiger partial charge in [-0.25, -0.2) is 0 Å². The number of rotatable bonds is 2. The SMILES string of the molecule is NC1C(=O)COC1CN1CCCC1. The number of ketones is 1. The van der Waals surface area contributed by atoms with Gasteiger partial charge in [0.25, 0.3) is 0 Å². The number of nitrogens with two attached hydrogens (primary N) is 1. The third kappa shape index (κ3) is 1.90. The Balaban J connectivity index is 1.84. The van der Waals surface area contributed by atoms with Crippen molar-refractivity contribution in [2.75, 3.05) is 26.2 Å². The van der Waals surface area contributed by atoms with Gasteiger partial charge in [-0.3, -0.25) is 4.79 Å². The molecule has 0 bridgehead atoms. The van der Waals surface area contributed by atoms with Gasteiger partial charge in [-0.15, -0.1) is 0 Å². The lowest BCUT2D eigenvalue weighted by Crippen LogP contribution is -2.42. The average molecular weight is 184 g/mol. The molecule has 0 saturated carbocycles. The van der Waals surface area contributed by atoms with E-state index in [1.807, 2.05) is 0 Å². The lowest BCUT2D eigenvalue weighted by atomic mass is 10.1. The minimum atomic E-state index is -0.388. The first kappa shape index (κ1) is 9.12. The van der Waals surface area contributed by atoms with Gasteiger partial charge in [0.2, 0.25) is 0 Å². The lowest BCUT2D eigenvalue weighted by molar-refractivity contribution is -0.118. The number of ether oxygens (including phenoxy) is 1. The Kier molecular flexibility index (Phi) is 2.62. The van der Waals surface area contributed by atoms with Crippen LogP contribution in [-0.4, -0.2) is 49.1 Å². The molecular weight excluding hydrogens is 168 g/mol. The molecule has 2 saturated heterocycles. The van der Waals surface area contributed by atoms with Crippen molar-refractivity contribution < 1.29 is 9.53 Å². The molecule has 4 heteroatoms.